The average molecular weight is 424 g/mol. The van der Waals surface area contributed by atoms with Crippen LogP contribution in [0.25, 0.3) is 0 Å². The van der Waals surface area contributed by atoms with Crippen LogP contribution < -0.4 is 5.32 Å². The Bertz CT molecular complexity index is 722. The van der Waals surface area contributed by atoms with Crippen molar-refractivity contribution in [2.24, 2.45) is 11.8 Å². The lowest BCUT2D eigenvalue weighted by molar-refractivity contribution is -0.136. The second-order valence-corrected chi connectivity index (χ2v) is 8.97. The van der Waals surface area contributed by atoms with E-state index in [1.54, 1.807) is 6.92 Å². The number of esters is 1. The van der Waals surface area contributed by atoms with Gasteiger partial charge in [-0.15, -0.1) is 11.3 Å². The lowest BCUT2D eigenvalue weighted by Crippen LogP contribution is -2.51. The smallest absolute Gasteiger partial charge is 0.341 e. The van der Waals surface area contributed by atoms with Crippen LogP contribution in [0.4, 0.5) is 5.00 Å². The van der Waals surface area contributed by atoms with Crippen LogP contribution in [0.5, 0.6) is 0 Å². The fraction of sp³-hybridized carbons (Fsp3) is 0.667. The number of anilines is 1. The van der Waals surface area contributed by atoms with Crippen molar-refractivity contribution in [2.45, 2.75) is 41.0 Å². The lowest BCUT2D eigenvalue weighted by Gasteiger charge is -2.35. The number of piperazine rings is 1. The van der Waals surface area contributed by atoms with Gasteiger partial charge < -0.3 is 15.0 Å². The predicted octanol–water partition coefficient (Wildman–Crippen LogP) is 2.86. The Balaban J connectivity index is 1.98. The van der Waals surface area contributed by atoms with Gasteiger partial charge in [0.2, 0.25) is 11.8 Å². The predicted molar refractivity (Wildman–Crippen MR) is 115 cm³/mol. The Hall–Kier alpha value is -1.93. The van der Waals surface area contributed by atoms with Crippen molar-refractivity contribution < 1.29 is 19.1 Å². The number of thiophene rings is 1. The third-order valence-electron chi connectivity index (χ3n) is 4.77. The molecule has 0 unspecified atom stereocenters. The zero-order valence-electron chi connectivity index (χ0n) is 18.1. The number of ether oxygens (including phenoxy) is 1. The molecular weight excluding hydrogens is 390 g/mol. The summed E-state index contributed by atoms with van der Waals surface area (Å²) in [6, 6.07) is 0. The Morgan fingerprint density at radius 2 is 1.79 bits per heavy atom. The Morgan fingerprint density at radius 1 is 1.14 bits per heavy atom. The molecule has 0 bridgehead atoms. The van der Waals surface area contributed by atoms with E-state index in [1.165, 1.54) is 11.3 Å². The van der Waals surface area contributed by atoms with Gasteiger partial charge in [-0.2, -0.15) is 0 Å². The maximum atomic E-state index is 12.6. The highest BCUT2D eigenvalue weighted by molar-refractivity contribution is 7.15. The molecule has 8 heteroatoms. The Morgan fingerprint density at radius 3 is 2.34 bits per heavy atom. The van der Waals surface area contributed by atoms with Gasteiger partial charge >= 0.3 is 5.97 Å². The number of carbonyl (C=O) groups excluding carboxylic acids is 3. The van der Waals surface area contributed by atoms with Gasteiger partial charge in [-0.05, 0) is 30.2 Å². The third kappa shape index (κ3) is 6.54. The largest absolute Gasteiger partial charge is 0.462 e. The first kappa shape index (κ1) is 23.3. The zero-order chi connectivity index (χ0) is 21.6. The quantitative estimate of drug-likeness (QED) is 0.651. The highest BCUT2D eigenvalue weighted by Gasteiger charge is 2.26. The molecule has 162 valence electrons. The minimum Gasteiger partial charge on any atom is -0.462 e. The van der Waals surface area contributed by atoms with Gasteiger partial charge in [0, 0.05) is 32.1 Å². The number of hydrogen-bond acceptors (Lipinski definition) is 6. The molecule has 1 saturated heterocycles. The van der Waals surface area contributed by atoms with Gasteiger partial charge in [0.25, 0.3) is 0 Å². The number of nitrogens with one attached hydrogen (secondary N) is 1. The first-order valence-electron chi connectivity index (χ1n) is 10.3. The Kier molecular flexibility index (Phi) is 8.64. The van der Waals surface area contributed by atoms with Crippen molar-refractivity contribution in [3.05, 3.63) is 16.5 Å². The molecule has 1 aromatic rings. The van der Waals surface area contributed by atoms with Gasteiger partial charge in [0.05, 0.1) is 18.7 Å². The SMILES string of the molecule is CCOC(=O)c1c(CC(C)C)csc1NC(=O)CN1CCN(C(=O)C(C)C)CC1. The van der Waals surface area contributed by atoms with Gasteiger partial charge in [0.1, 0.15) is 5.00 Å². The van der Waals surface area contributed by atoms with Crippen LogP contribution in [-0.4, -0.2) is 66.9 Å². The fourth-order valence-electron chi connectivity index (χ4n) is 3.36. The normalized spacial score (nSPS) is 15.1. The molecule has 7 nitrogen and oxygen atoms in total. The van der Waals surface area contributed by atoms with Crippen molar-refractivity contribution in [1.82, 2.24) is 9.80 Å². The highest BCUT2D eigenvalue weighted by Crippen LogP contribution is 2.31. The summed E-state index contributed by atoms with van der Waals surface area (Å²) in [5.74, 6) is -0.00160. The molecule has 2 heterocycles. The summed E-state index contributed by atoms with van der Waals surface area (Å²) in [5.41, 5.74) is 1.39. The van der Waals surface area contributed by atoms with E-state index >= 15 is 0 Å². The first-order valence-corrected chi connectivity index (χ1v) is 11.2. The van der Waals surface area contributed by atoms with Crippen molar-refractivity contribution in [1.29, 1.82) is 0 Å². The van der Waals surface area contributed by atoms with Crippen LogP contribution >= 0.6 is 11.3 Å². The number of rotatable bonds is 8. The van der Waals surface area contributed by atoms with E-state index in [-0.39, 0.29) is 30.2 Å². The summed E-state index contributed by atoms with van der Waals surface area (Å²) in [4.78, 5) is 41.0. The number of amides is 2. The van der Waals surface area contributed by atoms with E-state index in [0.29, 0.717) is 49.3 Å². The van der Waals surface area contributed by atoms with Gasteiger partial charge in [-0.3, -0.25) is 14.5 Å². The summed E-state index contributed by atoms with van der Waals surface area (Å²) < 4.78 is 5.20. The summed E-state index contributed by atoms with van der Waals surface area (Å²) >= 11 is 1.37. The second-order valence-electron chi connectivity index (χ2n) is 8.09. The highest BCUT2D eigenvalue weighted by atomic mass is 32.1. The summed E-state index contributed by atoms with van der Waals surface area (Å²) in [6.07, 6.45) is 0.756. The molecule has 2 rings (SSSR count). The maximum Gasteiger partial charge on any atom is 0.341 e. The molecule has 0 spiro atoms. The monoisotopic (exact) mass is 423 g/mol. The van der Waals surface area contributed by atoms with E-state index in [2.05, 4.69) is 19.2 Å². The molecule has 1 aliphatic rings. The topological polar surface area (TPSA) is 79.0 Å². The molecule has 29 heavy (non-hydrogen) atoms. The van der Waals surface area contributed by atoms with Crippen LogP contribution in [0.15, 0.2) is 5.38 Å². The zero-order valence-corrected chi connectivity index (χ0v) is 18.9. The molecule has 2 amide bonds. The molecule has 0 atom stereocenters. The van der Waals surface area contributed by atoms with E-state index in [4.69, 9.17) is 4.74 Å². The van der Waals surface area contributed by atoms with Gasteiger partial charge in [0.15, 0.2) is 0 Å². The van der Waals surface area contributed by atoms with E-state index < -0.39 is 0 Å². The van der Waals surface area contributed by atoms with E-state index in [9.17, 15) is 14.4 Å². The average Bonchev–Trinajstić information content (AvgIpc) is 3.03. The molecule has 1 aromatic heterocycles. The van der Waals surface area contributed by atoms with Crippen LogP contribution in [-0.2, 0) is 20.7 Å². The third-order valence-corrected chi connectivity index (χ3v) is 5.72. The number of carbonyl (C=O) groups is 3. The molecule has 0 saturated carbocycles. The molecule has 0 aliphatic carbocycles. The van der Waals surface area contributed by atoms with Crippen LogP contribution in [0.2, 0.25) is 0 Å². The van der Waals surface area contributed by atoms with Crippen LogP contribution in [0, 0.1) is 11.8 Å². The standard InChI is InChI=1S/C21H33N3O4S/c1-6-28-21(27)18-16(11-14(2)3)13-29-19(18)22-17(25)12-23-7-9-24(10-8-23)20(26)15(4)5/h13-15H,6-12H2,1-5H3,(H,22,25). The first-order chi connectivity index (χ1) is 13.7. The second kappa shape index (κ2) is 10.7. The number of nitrogens with zero attached hydrogens (tertiary/aromatic N) is 2. The number of hydrogen-bond donors (Lipinski definition) is 1. The van der Waals surface area contributed by atoms with E-state index in [1.807, 2.05) is 29.0 Å². The van der Waals surface area contributed by atoms with E-state index in [0.717, 1.165) is 12.0 Å². The van der Waals surface area contributed by atoms with Gasteiger partial charge in [-0.1, -0.05) is 27.7 Å². The van der Waals surface area contributed by atoms with Crippen molar-refractivity contribution in [2.75, 3.05) is 44.6 Å². The molecule has 0 aromatic carbocycles. The van der Waals surface area contributed by atoms with Crippen LogP contribution in [0.1, 0.15) is 50.5 Å². The maximum absolute atomic E-state index is 12.6. The lowest BCUT2D eigenvalue weighted by atomic mass is 10.0. The van der Waals surface area contributed by atoms with Crippen molar-refractivity contribution in [3.8, 4) is 0 Å². The summed E-state index contributed by atoms with van der Waals surface area (Å²) in [5, 5.41) is 5.38. The molecular formula is C21H33N3O4S. The van der Waals surface area contributed by atoms with Crippen LogP contribution in [0.3, 0.4) is 0 Å². The molecule has 1 aliphatic heterocycles. The summed E-state index contributed by atoms with van der Waals surface area (Å²) in [7, 11) is 0. The minimum atomic E-state index is -0.388. The molecule has 1 N–H and O–H groups in total. The van der Waals surface area contributed by atoms with Crippen molar-refractivity contribution in [3.63, 3.8) is 0 Å². The van der Waals surface area contributed by atoms with Crippen molar-refractivity contribution >= 4 is 34.1 Å². The minimum absolute atomic E-state index is 0.00925. The molecule has 0 radical (unpaired) electrons. The summed E-state index contributed by atoms with van der Waals surface area (Å²) in [6.45, 7) is 12.9. The molecule has 1 fully saturated rings. The van der Waals surface area contributed by atoms with Gasteiger partial charge in [-0.25, -0.2) is 4.79 Å². The Labute approximate surface area is 177 Å². The fourth-order valence-corrected chi connectivity index (χ4v) is 4.34.